The molecule has 1 fully saturated rings. The van der Waals surface area contributed by atoms with Gasteiger partial charge in [0.05, 0.1) is 17.6 Å². The number of aromatic nitrogens is 2. The molecule has 3 aromatic carbocycles. The Kier molecular flexibility index (Phi) is 5.91. The average molecular weight is 447 g/mol. The summed E-state index contributed by atoms with van der Waals surface area (Å²) >= 11 is 0. The Morgan fingerprint density at radius 2 is 1.81 bits per heavy atom. The first-order valence-corrected chi connectivity index (χ1v) is 9.93. The van der Waals surface area contributed by atoms with Crippen LogP contribution in [0, 0.1) is 17.2 Å². The maximum Gasteiger partial charge on any atom is 0.309 e. The quantitative estimate of drug-likeness (QED) is 0.485. The summed E-state index contributed by atoms with van der Waals surface area (Å²) in [5, 5.41) is 24.3. The molecule has 160 valence electrons. The van der Waals surface area contributed by atoms with Crippen molar-refractivity contribution in [3.8, 4) is 28.9 Å². The maximum absolute atomic E-state index is 11.1. The molecule has 0 unspecified atom stereocenters. The fraction of sp³-hybridized carbons (Fsp3) is 0.167. The number of carboxylic acid groups (broad SMARTS) is 1. The summed E-state index contributed by atoms with van der Waals surface area (Å²) in [5.74, 6) is -0.109. The molecule has 0 saturated carbocycles. The van der Waals surface area contributed by atoms with Crippen LogP contribution in [0.3, 0.4) is 0 Å². The summed E-state index contributed by atoms with van der Waals surface area (Å²) in [6.45, 7) is 1.85. The summed E-state index contributed by atoms with van der Waals surface area (Å²) in [5.41, 5.74) is 3.33. The van der Waals surface area contributed by atoms with Gasteiger partial charge in [0.15, 0.2) is 0 Å². The zero-order valence-electron chi connectivity index (χ0n) is 16.9. The van der Waals surface area contributed by atoms with Crippen LogP contribution >= 0.6 is 12.4 Å². The van der Waals surface area contributed by atoms with Crippen molar-refractivity contribution in [1.82, 2.24) is 15.0 Å². The summed E-state index contributed by atoms with van der Waals surface area (Å²) in [7, 11) is 0. The van der Waals surface area contributed by atoms with E-state index in [0.717, 1.165) is 27.5 Å². The third-order valence-electron chi connectivity index (χ3n) is 5.64. The Morgan fingerprint density at radius 1 is 1.09 bits per heavy atom. The van der Waals surface area contributed by atoms with E-state index in [9.17, 15) is 4.79 Å². The number of fused-ring (bicyclic) bond motifs is 1. The van der Waals surface area contributed by atoms with Crippen LogP contribution in [0.2, 0.25) is 0 Å². The molecule has 5 rings (SSSR count). The number of benzene rings is 3. The number of rotatable bonds is 5. The number of nitriles is 1. The predicted octanol–water partition coefficient (Wildman–Crippen LogP) is 4.37. The number of hydrogen-bond acceptors (Lipinski definition) is 6. The van der Waals surface area contributed by atoms with Crippen molar-refractivity contribution in [3.05, 3.63) is 71.8 Å². The lowest BCUT2D eigenvalue weighted by Gasteiger charge is -2.36. The Bertz CT molecular complexity index is 1320. The minimum Gasteiger partial charge on any atom is -0.481 e. The van der Waals surface area contributed by atoms with Gasteiger partial charge in [0.2, 0.25) is 5.82 Å². The first kappa shape index (κ1) is 21.5. The lowest BCUT2D eigenvalue weighted by Crippen LogP contribution is -2.49. The molecule has 2 heterocycles. The van der Waals surface area contributed by atoms with E-state index in [0.29, 0.717) is 36.9 Å². The van der Waals surface area contributed by atoms with E-state index in [4.69, 9.17) is 14.9 Å². The van der Waals surface area contributed by atoms with Crippen molar-refractivity contribution in [2.24, 2.45) is 5.92 Å². The van der Waals surface area contributed by atoms with Crippen LogP contribution in [0.1, 0.15) is 11.1 Å². The van der Waals surface area contributed by atoms with Gasteiger partial charge >= 0.3 is 5.97 Å². The Morgan fingerprint density at radius 3 is 2.50 bits per heavy atom. The minimum absolute atomic E-state index is 0. The van der Waals surface area contributed by atoms with Crippen LogP contribution in [0.25, 0.3) is 33.6 Å². The smallest absolute Gasteiger partial charge is 0.309 e. The fourth-order valence-electron chi connectivity index (χ4n) is 3.93. The highest BCUT2D eigenvalue weighted by Gasteiger charge is 2.32. The molecule has 0 spiro atoms. The number of halogens is 1. The van der Waals surface area contributed by atoms with Crippen LogP contribution in [0.15, 0.2) is 65.2 Å². The van der Waals surface area contributed by atoms with Gasteiger partial charge in [-0.25, -0.2) is 0 Å². The van der Waals surface area contributed by atoms with E-state index < -0.39 is 5.97 Å². The molecular weight excluding hydrogens is 428 g/mol. The second-order valence-corrected chi connectivity index (χ2v) is 7.66. The highest BCUT2D eigenvalue weighted by molar-refractivity contribution is 5.97. The van der Waals surface area contributed by atoms with E-state index >= 15 is 0 Å². The van der Waals surface area contributed by atoms with Gasteiger partial charge < -0.3 is 9.63 Å². The van der Waals surface area contributed by atoms with Crippen LogP contribution < -0.4 is 0 Å². The number of likely N-dealkylation sites (tertiary alicyclic amines) is 1. The van der Waals surface area contributed by atoms with Crippen molar-refractivity contribution in [2.45, 2.75) is 6.54 Å². The summed E-state index contributed by atoms with van der Waals surface area (Å²) in [4.78, 5) is 17.8. The first-order chi connectivity index (χ1) is 15.1. The summed E-state index contributed by atoms with van der Waals surface area (Å²) in [6.07, 6.45) is 0. The Labute approximate surface area is 190 Å². The first-order valence-electron chi connectivity index (χ1n) is 9.93. The van der Waals surface area contributed by atoms with Gasteiger partial charge in [-0.1, -0.05) is 41.6 Å². The molecular formula is C24H19ClN4O3. The number of hydrogen-bond donors (Lipinski definition) is 1. The molecule has 1 saturated heterocycles. The topological polar surface area (TPSA) is 103 Å². The van der Waals surface area contributed by atoms with E-state index in [2.05, 4.69) is 27.2 Å². The molecule has 0 atom stereocenters. The van der Waals surface area contributed by atoms with Crippen LogP contribution in [0.5, 0.6) is 0 Å². The molecule has 1 N–H and O–H groups in total. The SMILES string of the molecule is Cl.N#Cc1ccc(-c2nc(-c3ccc(CN4CC(C(=O)O)C4)c4ccccc34)no2)cc1. The van der Waals surface area contributed by atoms with Crippen molar-refractivity contribution < 1.29 is 14.4 Å². The van der Waals surface area contributed by atoms with Gasteiger partial charge in [0.1, 0.15) is 0 Å². The number of carboxylic acids is 1. The van der Waals surface area contributed by atoms with Gasteiger partial charge in [0.25, 0.3) is 5.89 Å². The fourth-order valence-corrected chi connectivity index (χ4v) is 3.93. The lowest BCUT2D eigenvalue weighted by atomic mass is 9.95. The molecule has 0 aliphatic carbocycles. The molecule has 1 aromatic heterocycles. The number of nitrogens with zero attached hydrogens (tertiary/aromatic N) is 4. The molecule has 1 aliphatic rings. The van der Waals surface area contributed by atoms with Crippen molar-refractivity contribution in [2.75, 3.05) is 13.1 Å². The van der Waals surface area contributed by atoms with E-state index in [1.165, 1.54) is 0 Å². The standard InChI is InChI=1S/C24H18N4O3.ClH/c25-11-15-5-7-16(8-6-15)23-26-22(27-31-23)21-10-9-17(19-3-1-2-4-20(19)21)12-28-13-18(14-28)24(29)30;/h1-10,18H,12-14H2,(H,29,30);1H. The molecule has 4 aromatic rings. The normalized spacial score (nSPS) is 13.8. The lowest BCUT2D eigenvalue weighted by molar-refractivity contribution is -0.147. The van der Waals surface area contributed by atoms with Crippen LogP contribution in [-0.4, -0.2) is 39.2 Å². The highest BCUT2D eigenvalue weighted by Crippen LogP contribution is 2.32. The third kappa shape index (κ3) is 3.94. The van der Waals surface area contributed by atoms with Gasteiger partial charge in [-0.15, -0.1) is 12.4 Å². The van der Waals surface area contributed by atoms with Crippen molar-refractivity contribution in [1.29, 1.82) is 5.26 Å². The molecule has 7 nitrogen and oxygen atoms in total. The van der Waals surface area contributed by atoms with E-state index in [-0.39, 0.29) is 18.3 Å². The van der Waals surface area contributed by atoms with E-state index in [1.54, 1.807) is 24.3 Å². The van der Waals surface area contributed by atoms with Gasteiger partial charge in [-0.3, -0.25) is 9.69 Å². The maximum atomic E-state index is 11.1. The van der Waals surface area contributed by atoms with Crippen LogP contribution in [-0.2, 0) is 11.3 Å². The Hall–Kier alpha value is -3.73. The second kappa shape index (κ2) is 8.79. The molecule has 0 bridgehead atoms. The zero-order valence-corrected chi connectivity index (χ0v) is 17.7. The molecule has 1 aliphatic heterocycles. The number of carbonyl (C=O) groups is 1. The molecule has 32 heavy (non-hydrogen) atoms. The van der Waals surface area contributed by atoms with Gasteiger partial charge in [-0.05, 0) is 40.6 Å². The van der Waals surface area contributed by atoms with Gasteiger partial charge in [-0.2, -0.15) is 10.2 Å². The minimum atomic E-state index is -0.730. The zero-order chi connectivity index (χ0) is 21.4. The van der Waals surface area contributed by atoms with Crippen molar-refractivity contribution >= 4 is 29.1 Å². The predicted molar refractivity (Wildman–Crippen MR) is 121 cm³/mol. The summed E-state index contributed by atoms with van der Waals surface area (Å²) < 4.78 is 5.48. The van der Waals surface area contributed by atoms with Crippen molar-refractivity contribution in [3.63, 3.8) is 0 Å². The second-order valence-electron chi connectivity index (χ2n) is 7.66. The Balaban J connectivity index is 0.00000245. The largest absolute Gasteiger partial charge is 0.481 e. The van der Waals surface area contributed by atoms with E-state index in [1.807, 2.05) is 30.3 Å². The molecule has 0 radical (unpaired) electrons. The van der Waals surface area contributed by atoms with Crippen LogP contribution in [0.4, 0.5) is 0 Å². The third-order valence-corrected chi connectivity index (χ3v) is 5.64. The molecule has 8 heteroatoms. The summed E-state index contributed by atoms with van der Waals surface area (Å²) in [6, 6.07) is 21.2. The molecule has 0 amide bonds. The number of aliphatic carboxylic acids is 1. The average Bonchev–Trinajstić information content (AvgIpc) is 3.25. The highest BCUT2D eigenvalue weighted by atomic mass is 35.5. The monoisotopic (exact) mass is 446 g/mol. The van der Waals surface area contributed by atoms with Gasteiger partial charge in [0, 0.05) is 30.8 Å².